The molecule has 1 N–H and O–H groups in total. The number of nitrogens with zero attached hydrogens (tertiary/aromatic N) is 2. The lowest BCUT2D eigenvalue weighted by Gasteiger charge is -2.27. The molecule has 226 valence electrons. The summed E-state index contributed by atoms with van der Waals surface area (Å²) in [4.78, 5) is 29.6. The maximum absolute atomic E-state index is 13.3. The summed E-state index contributed by atoms with van der Waals surface area (Å²) in [6.45, 7) is 4.00. The number of anilines is 2. The standard InChI is InChI=1S/C38H33ClN2O3S/c1-26-7-3-5-9-33(25-26)41(31-17-11-28(12-18-31)37(42)35-10-6-4-8-27(35)2)32-19-13-29(14-20-32)38(43)36(40-44)23-24-45-34-21-15-30(39)16-22-34/h3-4,6-22,25,44H,5,23-24H2,1-2H3/b40-36+. The molecule has 1 aliphatic carbocycles. The van der Waals surface area contributed by atoms with E-state index < -0.39 is 0 Å². The molecule has 0 radical (unpaired) electrons. The Balaban J connectivity index is 1.37. The number of halogens is 1. The Morgan fingerprint density at radius 1 is 0.867 bits per heavy atom. The van der Waals surface area contributed by atoms with E-state index in [9.17, 15) is 14.8 Å². The molecule has 0 bridgehead atoms. The predicted molar refractivity (Wildman–Crippen MR) is 186 cm³/mol. The number of carbonyl (C=O) groups excluding carboxylic acids is 2. The number of allylic oxidation sites excluding steroid dienone is 5. The van der Waals surface area contributed by atoms with E-state index in [1.807, 2.05) is 91.9 Å². The van der Waals surface area contributed by atoms with Gasteiger partial charge in [0.15, 0.2) is 5.78 Å². The van der Waals surface area contributed by atoms with Crippen LogP contribution < -0.4 is 4.90 Å². The van der Waals surface area contributed by atoms with Crippen LogP contribution in [0.2, 0.25) is 5.02 Å². The minimum Gasteiger partial charge on any atom is -0.411 e. The van der Waals surface area contributed by atoms with E-state index >= 15 is 0 Å². The van der Waals surface area contributed by atoms with Crippen LogP contribution in [0, 0.1) is 6.92 Å². The third-order valence-electron chi connectivity index (χ3n) is 7.45. The molecule has 7 heteroatoms. The fraction of sp³-hybridized carbons (Fsp3) is 0.132. The zero-order valence-corrected chi connectivity index (χ0v) is 26.7. The van der Waals surface area contributed by atoms with Crippen LogP contribution in [0.15, 0.2) is 143 Å². The first kappa shape index (κ1) is 31.8. The van der Waals surface area contributed by atoms with Gasteiger partial charge >= 0.3 is 0 Å². The van der Waals surface area contributed by atoms with Crippen LogP contribution in [0.1, 0.15) is 51.6 Å². The molecule has 0 spiro atoms. The molecule has 0 fully saturated rings. The van der Waals surface area contributed by atoms with Crippen LogP contribution in [-0.4, -0.2) is 28.2 Å². The van der Waals surface area contributed by atoms with Gasteiger partial charge in [-0.2, -0.15) is 0 Å². The van der Waals surface area contributed by atoms with Gasteiger partial charge in [0.05, 0.1) is 0 Å². The van der Waals surface area contributed by atoms with Gasteiger partial charge < -0.3 is 10.1 Å². The first-order valence-electron chi connectivity index (χ1n) is 14.6. The number of Topliss-reactive ketones (excluding diaryl/α,β-unsaturated/α-hetero) is 1. The molecule has 0 aromatic heterocycles. The summed E-state index contributed by atoms with van der Waals surface area (Å²) in [7, 11) is 0. The van der Waals surface area contributed by atoms with Gasteiger partial charge in [0.25, 0.3) is 0 Å². The van der Waals surface area contributed by atoms with Crippen molar-refractivity contribution in [1.29, 1.82) is 0 Å². The van der Waals surface area contributed by atoms with Gasteiger partial charge in [0.2, 0.25) is 5.78 Å². The first-order chi connectivity index (χ1) is 21.8. The second-order valence-corrected chi connectivity index (χ2v) is 12.3. The van der Waals surface area contributed by atoms with Crippen molar-refractivity contribution in [3.8, 4) is 0 Å². The van der Waals surface area contributed by atoms with Gasteiger partial charge in [-0.05, 0) is 110 Å². The van der Waals surface area contributed by atoms with Gasteiger partial charge in [-0.3, -0.25) is 9.59 Å². The topological polar surface area (TPSA) is 70.0 Å². The SMILES string of the molecule is CC1=CC(N(c2ccc(C(=O)/C(CCSc3ccc(Cl)cc3)=N/O)cc2)c2ccc(C(=O)c3ccccc3C)cc2)=CCC=C1. The predicted octanol–water partition coefficient (Wildman–Crippen LogP) is 10.0. The van der Waals surface area contributed by atoms with Crippen molar-refractivity contribution >= 4 is 52.0 Å². The number of oxime groups is 1. The smallest absolute Gasteiger partial charge is 0.210 e. The van der Waals surface area contributed by atoms with Crippen LogP contribution in [0.4, 0.5) is 11.4 Å². The van der Waals surface area contributed by atoms with Gasteiger partial charge in [-0.25, -0.2) is 0 Å². The summed E-state index contributed by atoms with van der Waals surface area (Å²) in [5, 5.41) is 13.6. The Labute approximate surface area is 273 Å². The highest BCUT2D eigenvalue weighted by Gasteiger charge is 2.19. The lowest BCUT2D eigenvalue weighted by Crippen LogP contribution is -2.17. The molecule has 0 unspecified atom stereocenters. The number of ketones is 2. The number of hydrogen-bond donors (Lipinski definition) is 1. The molecule has 4 aromatic carbocycles. The van der Waals surface area contributed by atoms with Crippen molar-refractivity contribution in [2.24, 2.45) is 5.16 Å². The summed E-state index contributed by atoms with van der Waals surface area (Å²) >= 11 is 7.53. The molecule has 45 heavy (non-hydrogen) atoms. The van der Waals surface area contributed by atoms with Crippen LogP contribution in [-0.2, 0) is 0 Å². The van der Waals surface area contributed by atoms with Crippen LogP contribution >= 0.6 is 23.4 Å². The fourth-order valence-corrected chi connectivity index (χ4v) is 6.05. The Morgan fingerprint density at radius 3 is 2.16 bits per heavy atom. The minimum atomic E-state index is -0.319. The summed E-state index contributed by atoms with van der Waals surface area (Å²) in [6, 6.07) is 30.0. The second-order valence-electron chi connectivity index (χ2n) is 10.7. The van der Waals surface area contributed by atoms with Gasteiger partial charge in [0.1, 0.15) is 5.71 Å². The summed E-state index contributed by atoms with van der Waals surface area (Å²) < 4.78 is 0. The quantitative estimate of drug-likeness (QED) is 0.0586. The first-order valence-corrected chi connectivity index (χ1v) is 16.0. The molecule has 0 aliphatic heterocycles. The minimum absolute atomic E-state index is 0.0180. The van der Waals surface area contributed by atoms with E-state index in [1.165, 1.54) is 0 Å². The van der Waals surface area contributed by atoms with E-state index in [1.54, 1.807) is 23.9 Å². The van der Waals surface area contributed by atoms with E-state index in [2.05, 4.69) is 41.3 Å². The van der Waals surface area contributed by atoms with Gasteiger partial charge in [-0.1, -0.05) is 59.3 Å². The number of hydrogen-bond acceptors (Lipinski definition) is 6. The molecule has 0 atom stereocenters. The van der Waals surface area contributed by atoms with E-state index in [-0.39, 0.29) is 17.3 Å². The molecule has 5 rings (SSSR count). The van der Waals surface area contributed by atoms with Crippen molar-refractivity contribution in [3.63, 3.8) is 0 Å². The molecule has 0 saturated heterocycles. The molecule has 1 aliphatic rings. The Kier molecular flexibility index (Phi) is 10.5. The van der Waals surface area contributed by atoms with Crippen LogP contribution in [0.25, 0.3) is 0 Å². The summed E-state index contributed by atoms with van der Waals surface area (Å²) in [5.74, 6) is 0.241. The maximum Gasteiger partial charge on any atom is 0.210 e. The highest BCUT2D eigenvalue weighted by molar-refractivity contribution is 7.99. The maximum atomic E-state index is 13.3. The highest BCUT2D eigenvalue weighted by Crippen LogP contribution is 2.33. The Morgan fingerprint density at radius 2 is 1.51 bits per heavy atom. The van der Waals surface area contributed by atoms with Crippen molar-refractivity contribution < 1.29 is 14.8 Å². The molecular weight excluding hydrogens is 600 g/mol. The Hall–Kier alpha value is -4.65. The van der Waals surface area contributed by atoms with Crippen molar-refractivity contribution in [1.82, 2.24) is 0 Å². The zero-order valence-electron chi connectivity index (χ0n) is 25.1. The monoisotopic (exact) mass is 632 g/mol. The van der Waals surface area contributed by atoms with E-state index in [0.717, 1.165) is 39.5 Å². The van der Waals surface area contributed by atoms with Gasteiger partial charge in [-0.15, -0.1) is 11.8 Å². The normalized spacial score (nSPS) is 13.1. The largest absolute Gasteiger partial charge is 0.411 e. The Bertz CT molecular complexity index is 1810. The zero-order chi connectivity index (χ0) is 31.8. The molecule has 4 aromatic rings. The number of thioether (sulfide) groups is 1. The summed E-state index contributed by atoms with van der Waals surface area (Å²) in [6.07, 6.45) is 9.55. The molecule has 5 nitrogen and oxygen atoms in total. The third-order valence-corrected chi connectivity index (χ3v) is 8.71. The van der Waals surface area contributed by atoms with E-state index in [4.69, 9.17) is 11.6 Å². The average molecular weight is 633 g/mol. The third kappa shape index (κ3) is 7.90. The molecular formula is C38H33ClN2O3S. The second kappa shape index (κ2) is 14.9. The molecule has 0 heterocycles. The lowest BCUT2D eigenvalue weighted by atomic mass is 9.99. The fourth-order valence-electron chi connectivity index (χ4n) is 5.06. The van der Waals surface area contributed by atoms with Crippen LogP contribution in [0.3, 0.4) is 0 Å². The van der Waals surface area contributed by atoms with Crippen molar-refractivity contribution in [3.05, 3.63) is 160 Å². The number of rotatable bonds is 11. The average Bonchev–Trinajstić information content (AvgIpc) is 3.28. The van der Waals surface area contributed by atoms with Gasteiger partial charge in [0, 0.05) is 55.9 Å². The van der Waals surface area contributed by atoms with Crippen molar-refractivity contribution in [2.75, 3.05) is 10.7 Å². The van der Waals surface area contributed by atoms with Crippen LogP contribution in [0.5, 0.6) is 0 Å². The molecule has 0 amide bonds. The highest BCUT2D eigenvalue weighted by atomic mass is 35.5. The van der Waals surface area contributed by atoms with Crippen molar-refractivity contribution in [2.45, 2.75) is 31.6 Å². The lowest BCUT2D eigenvalue weighted by molar-refractivity contribution is 0.103. The van der Waals surface area contributed by atoms with E-state index in [0.29, 0.717) is 33.9 Å². The number of benzene rings is 4. The summed E-state index contributed by atoms with van der Waals surface area (Å²) in [5.41, 5.74) is 6.60. The number of aryl methyl sites for hydroxylation is 1. The molecule has 0 saturated carbocycles. The number of carbonyl (C=O) groups is 2.